The van der Waals surface area contributed by atoms with Gasteiger partial charge >= 0.3 is 0 Å². The molecule has 17 heavy (non-hydrogen) atoms. The zero-order valence-electron chi connectivity index (χ0n) is 9.04. The number of aromatic amines is 1. The molecule has 1 aromatic carbocycles. The van der Waals surface area contributed by atoms with Gasteiger partial charge in [-0.1, -0.05) is 6.07 Å². The summed E-state index contributed by atoms with van der Waals surface area (Å²) >= 11 is 0. The van der Waals surface area contributed by atoms with Crippen molar-refractivity contribution in [2.75, 3.05) is 11.8 Å². The number of anilines is 1. The Bertz CT molecular complexity index is 593. The van der Waals surface area contributed by atoms with Crippen molar-refractivity contribution in [1.29, 1.82) is 0 Å². The van der Waals surface area contributed by atoms with Gasteiger partial charge in [-0.15, -0.1) is 0 Å². The number of hydrogen-bond acceptors (Lipinski definition) is 4. The lowest BCUT2D eigenvalue weighted by molar-refractivity contribution is 0.415. The maximum atomic E-state index is 11.8. The molecule has 0 bridgehead atoms. The quantitative estimate of drug-likeness (QED) is 0.858. The smallest absolute Gasteiger partial charge is 0.278 e. The van der Waals surface area contributed by atoms with E-state index in [2.05, 4.69) is 14.7 Å². The summed E-state index contributed by atoms with van der Waals surface area (Å²) in [6.07, 6.45) is 2.54. The van der Waals surface area contributed by atoms with E-state index in [0.717, 1.165) is 0 Å². The van der Waals surface area contributed by atoms with Crippen LogP contribution in [0.5, 0.6) is 5.75 Å². The number of benzene rings is 1. The highest BCUT2D eigenvalue weighted by Crippen LogP contribution is 2.19. The average molecular weight is 253 g/mol. The van der Waals surface area contributed by atoms with Gasteiger partial charge in [0.05, 0.1) is 25.3 Å². The Morgan fingerprint density at radius 2 is 2.24 bits per heavy atom. The van der Waals surface area contributed by atoms with Crippen LogP contribution >= 0.6 is 0 Å². The monoisotopic (exact) mass is 253 g/mol. The fourth-order valence-corrected chi connectivity index (χ4v) is 2.24. The standard InChI is InChI=1S/C10H11N3O3S/c1-16-9-4-2-3-8(5-9)13-17(14,15)10-6-11-7-12-10/h2-7,13H,1H3,(H,11,12). The Kier molecular flexibility index (Phi) is 3.01. The average Bonchev–Trinajstić information content (AvgIpc) is 2.83. The van der Waals surface area contributed by atoms with Gasteiger partial charge in [-0.3, -0.25) is 4.72 Å². The second-order valence-electron chi connectivity index (χ2n) is 3.25. The van der Waals surface area contributed by atoms with Crippen molar-refractivity contribution >= 4 is 15.7 Å². The van der Waals surface area contributed by atoms with Crippen LogP contribution in [0.4, 0.5) is 5.69 Å². The molecule has 0 aliphatic heterocycles. The van der Waals surface area contributed by atoms with E-state index < -0.39 is 10.0 Å². The van der Waals surface area contributed by atoms with E-state index in [1.165, 1.54) is 19.6 Å². The molecule has 0 fully saturated rings. The zero-order valence-corrected chi connectivity index (χ0v) is 9.86. The third-order valence-corrected chi connectivity index (χ3v) is 3.39. The van der Waals surface area contributed by atoms with E-state index in [-0.39, 0.29) is 5.03 Å². The summed E-state index contributed by atoms with van der Waals surface area (Å²) in [6.45, 7) is 0. The molecule has 1 aromatic heterocycles. The Hall–Kier alpha value is -2.02. The summed E-state index contributed by atoms with van der Waals surface area (Å²) in [4.78, 5) is 6.20. The number of sulfonamides is 1. The Morgan fingerprint density at radius 3 is 2.88 bits per heavy atom. The molecule has 0 unspecified atom stereocenters. The third-order valence-electron chi connectivity index (χ3n) is 2.08. The van der Waals surface area contributed by atoms with Crippen LogP contribution < -0.4 is 9.46 Å². The van der Waals surface area contributed by atoms with Gasteiger partial charge in [0.15, 0.2) is 5.03 Å². The summed E-state index contributed by atoms with van der Waals surface area (Å²) in [5.74, 6) is 0.579. The molecule has 7 heteroatoms. The lowest BCUT2D eigenvalue weighted by Crippen LogP contribution is -2.13. The second kappa shape index (κ2) is 4.46. The number of H-pyrrole nitrogens is 1. The van der Waals surface area contributed by atoms with Crippen molar-refractivity contribution < 1.29 is 13.2 Å². The van der Waals surface area contributed by atoms with Gasteiger partial charge in [0, 0.05) is 6.07 Å². The maximum absolute atomic E-state index is 11.8. The van der Waals surface area contributed by atoms with E-state index in [4.69, 9.17) is 4.74 Å². The van der Waals surface area contributed by atoms with E-state index in [9.17, 15) is 8.42 Å². The van der Waals surface area contributed by atoms with Crippen LogP contribution in [0, 0.1) is 0 Å². The Balaban J connectivity index is 2.26. The van der Waals surface area contributed by atoms with Crippen LogP contribution in [0.2, 0.25) is 0 Å². The van der Waals surface area contributed by atoms with Crippen LogP contribution in [0.3, 0.4) is 0 Å². The second-order valence-corrected chi connectivity index (χ2v) is 4.90. The van der Waals surface area contributed by atoms with Crippen LogP contribution in [0.1, 0.15) is 0 Å². The maximum Gasteiger partial charge on any atom is 0.278 e. The summed E-state index contributed by atoms with van der Waals surface area (Å²) in [7, 11) is -2.10. The predicted molar refractivity (Wildman–Crippen MR) is 62.4 cm³/mol. The Morgan fingerprint density at radius 1 is 1.41 bits per heavy atom. The van der Waals surface area contributed by atoms with Crippen molar-refractivity contribution in [1.82, 2.24) is 9.97 Å². The van der Waals surface area contributed by atoms with Gasteiger partial charge in [-0.05, 0) is 12.1 Å². The van der Waals surface area contributed by atoms with E-state index >= 15 is 0 Å². The highest BCUT2D eigenvalue weighted by Gasteiger charge is 2.15. The minimum Gasteiger partial charge on any atom is -0.497 e. The van der Waals surface area contributed by atoms with E-state index in [1.54, 1.807) is 24.3 Å². The van der Waals surface area contributed by atoms with E-state index in [1.807, 2.05) is 0 Å². The molecule has 0 aliphatic carbocycles. The molecule has 0 atom stereocenters. The molecular weight excluding hydrogens is 242 g/mol. The number of hydrogen-bond donors (Lipinski definition) is 2. The SMILES string of the molecule is COc1cccc(NS(=O)(=O)c2cnc[nH]2)c1. The molecule has 1 heterocycles. The minimum absolute atomic E-state index is 0.0142. The third kappa shape index (κ3) is 2.56. The topological polar surface area (TPSA) is 84.1 Å². The van der Waals surface area contributed by atoms with Crippen molar-refractivity contribution in [3.8, 4) is 5.75 Å². The van der Waals surface area contributed by atoms with Gasteiger partial charge in [0.1, 0.15) is 5.75 Å². The summed E-state index contributed by atoms with van der Waals surface area (Å²) in [5, 5.41) is 0.0142. The molecule has 0 spiro atoms. The predicted octanol–water partition coefficient (Wildman–Crippen LogP) is 1.22. The molecule has 0 radical (unpaired) electrons. The first-order chi connectivity index (χ1) is 8.12. The van der Waals surface area contributed by atoms with Gasteiger partial charge in [0.2, 0.25) is 0 Å². The van der Waals surface area contributed by atoms with Gasteiger partial charge < -0.3 is 9.72 Å². The molecule has 2 N–H and O–H groups in total. The van der Waals surface area contributed by atoms with Crippen LogP contribution in [0.15, 0.2) is 41.8 Å². The summed E-state index contributed by atoms with van der Waals surface area (Å²) < 4.78 is 31.1. The van der Waals surface area contributed by atoms with Crippen molar-refractivity contribution in [2.24, 2.45) is 0 Å². The highest BCUT2D eigenvalue weighted by molar-refractivity contribution is 7.92. The lowest BCUT2D eigenvalue weighted by Gasteiger charge is -2.07. The first-order valence-electron chi connectivity index (χ1n) is 4.77. The van der Waals surface area contributed by atoms with Crippen LogP contribution in [-0.2, 0) is 10.0 Å². The van der Waals surface area contributed by atoms with Crippen molar-refractivity contribution in [2.45, 2.75) is 5.03 Å². The van der Waals surface area contributed by atoms with Crippen LogP contribution in [0.25, 0.3) is 0 Å². The first-order valence-corrected chi connectivity index (χ1v) is 6.25. The molecule has 0 amide bonds. The molecule has 90 valence electrons. The Labute approximate surface area is 98.7 Å². The van der Waals surface area contributed by atoms with E-state index in [0.29, 0.717) is 11.4 Å². The highest BCUT2D eigenvalue weighted by atomic mass is 32.2. The number of nitrogens with zero attached hydrogens (tertiary/aromatic N) is 1. The molecule has 2 aromatic rings. The number of nitrogens with one attached hydrogen (secondary N) is 2. The molecule has 2 rings (SSSR count). The molecule has 0 aliphatic rings. The van der Waals surface area contributed by atoms with Gasteiger partial charge in [0.25, 0.3) is 10.0 Å². The van der Waals surface area contributed by atoms with Crippen molar-refractivity contribution in [3.05, 3.63) is 36.8 Å². The molecule has 6 nitrogen and oxygen atoms in total. The molecule has 0 saturated heterocycles. The number of rotatable bonds is 4. The fraction of sp³-hybridized carbons (Fsp3) is 0.100. The lowest BCUT2D eigenvalue weighted by atomic mass is 10.3. The number of methoxy groups -OCH3 is 1. The molecular formula is C10H11N3O3S. The number of ether oxygens (including phenoxy) is 1. The van der Waals surface area contributed by atoms with Gasteiger partial charge in [-0.2, -0.15) is 8.42 Å². The number of aromatic nitrogens is 2. The van der Waals surface area contributed by atoms with Gasteiger partial charge in [-0.25, -0.2) is 4.98 Å². The summed E-state index contributed by atoms with van der Waals surface area (Å²) in [6, 6.07) is 6.65. The largest absolute Gasteiger partial charge is 0.497 e. The first kappa shape index (κ1) is 11.5. The minimum atomic E-state index is -3.62. The van der Waals surface area contributed by atoms with Crippen LogP contribution in [-0.4, -0.2) is 25.5 Å². The zero-order chi connectivity index (χ0) is 12.3. The number of imidazole rings is 1. The summed E-state index contributed by atoms with van der Waals surface area (Å²) in [5.41, 5.74) is 0.430. The normalized spacial score (nSPS) is 11.1. The fourth-order valence-electron chi connectivity index (χ4n) is 1.29. The van der Waals surface area contributed by atoms with Crippen molar-refractivity contribution in [3.63, 3.8) is 0 Å². The molecule has 0 saturated carbocycles.